The van der Waals surface area contributed by atoms with E-state index in [0.717, 1.165) is 0 Å². The fourth-order valence-corrected chi connectivity index (χ4v) is 3.25. The van der Waals surface area contributed by atoms with Crippen LogP contribution in [0.25, 0.3) is 0 Å². The molecule has 0 spiro atoms. The predicted molar refractivity (Wildman–Crippen MR) is 79.8 cm³/mol. The lowest BCUT2D eigenvalue weighted by molar-refractivity contribution is 0.475. The first-order valence-corrected chi connectivity index (χ1v) is 7.75. The normalized spacial score (nSPS) is 11.3. The van der Waals surface area contributed by atoms with Gasteiger partial charge in [0.05, 0.1) is 15.6 Å². The summed E-state index contributed by atoms with van der Waals surface area (Å²) < 4.78 is 27.1. The van der Waals surface area contributed by atoms with Crippen molar-refractivity contribution in [1.82, 2.24) is 0 Å². The van der Waals surface area contributed by atoms with Gasteiger partial charge in [0.2, 0.25) is 0 Å². The second kappa shape index (κ2) is 5.34. The standard InChI is InChI=1S/C14H14ClNO3S/c1-9-8-12(17)13(15)10(2)14(9)16-20(18,19)11-6-4-3-5-7-11/h3-8,16-17H,1-2H3. The van der Waals surface area contributed by atoms with Gasteiger partial charge in [-0.1, -0.05) is 29.8 Å². The van der Waals surface area contributed by atoms with Crippen LogP contribution in [0.15, 0.2) is 41.3 Å². The van der Waals surface area contributed by atoms with Crippen molar-refractivity contribution in [2.24, 2.45) is 0 Å². The molecule has 0 atom stereocenters. The van der Waals surface area contributed by atoms with Crippen molar-refractivity contribution in [3.05, 3.63) is 52.5 Å². The number of sulfonamides is 1. The van der Waals surface area contributed by atoms with Gasteiger partial charge < -0.3 is 5.11 Å². The average Bonchev–Trinajstić information content (AvgIpc) is 2.42. The summed E-state index contributed by atoms with van der Waals surface area (Å²) in [6, 6.07) is 9.49. The molecule has 20 heavy (non-hydrogen) atoms. The molecule has 0 aliphatic heterocycles. The number of anilines is 1. The number of hydrogen-bond acceptors (Lipinski definition) is 3. The molecule has 0 aliphatic carbocycles. The lowest BCUT2D eigenvalue weighted by atomic mass is 10.1. The Morgan fingerprint density at radius 2 is 1.75 bits per heavy atom. The van der Waals surface area contributed by atoms with Crippen LogP contribution >= 0.6 is 11.6 Å². The Hall–Kier alpha value is -1.72. The molecule has 0 fully saturated rings. The summed E-state index contributed by atoms with van der Waals surface area (Å²) >= 11 is 5.94. The van der Waals surface area contributed by atoms with Crippen LogP contribution in [0.4, 0.5) is 5.69 Å². The molecule has 0 heterocycles. The Bertz CT molecular complexity index is 743. The molecule has 0 bridgehead atoms. The largest absolute Gasteiger partial charge is 0.506 e. The Balaban J connectivity index is 2.48. The Labute approximate surface area is 123 Å². The number of aromatic hydroxyl groups is 1. The van der Waals surface area contributed by atoms with Crippen LogP contribution in [0, 0.1) is 13.8 Å². The van der Waals surface area contributed by atoms with Gasteiger partial charge in [0.1, 0.15) is 5.75 Å². The molecule has 0 saturated heterocycles. The average molecular weight is 312 g/mol. The fraction of sp³-hybridized carbons (Fsp3) is 0.143. The first-order chi connectivity index (χ1) is 9.33. The molecule has 2 N–H and O–H groups in total. The van der Waals surface area contributed by atoms with E-state index in [2.05, 4.69) is 4.72 Å². The summed E-state index contributed by atoms with van der Waals surface area (Å²) in [5.74, 6) is -0.0654. The van der Waals surface area contributed by atoms with Crippen LogP contribution in [0.2, 0.25) is 5.02 Å². The summed E-state index contributed by atoms with van der Waals surface area (Å²) in [5.41, 5.74) is 1.48. The summed E-state index contributed by atoms with van der Waals surface area (Å²) in [4.78, 5) is 0.169. The van der Waals surface area contributed by atoms with E-state index >= 15 is 0 Å². The van der Waals surface area contributed by atoms with E-state index in [4.69, 9.17) is 11.6 Å². The van der Waals surface area contributed by atoms with Crippen molar-refractivity contribution < 1.29 is 13.5 Å². The first-order valence-electron chi connectivity index (χ1n) is 5.89. The molecule has 2 rings (SSSR count). The maximum absolute atomic E-state index is 12.3. The van der Waals surface area contributed by atoms with E-state index in [1.165, 1.54) is 18.2 Å². The highest BCUT2D eigenvalue weighted by atomic mass is 35.5. The third-order valence-corrected chi connectivity index (χ3v) is 4.81. The molecule has 6 heteroatoms. The van der Waals surface area contributed by atoms with Gasteiger partial charge in [-0.25, -0.2) is 8.42 Å². The van der Waals surface area contributed by atoms with Gasteiger partial charge in [-0.15, -0.1) is 0 Å². The van der Waals surface area contributed by atoms with E-state index in [9.17, 15) is 13.5 Å². The molecule has 0 aromatic heterocycles. The van der Waals surface area contributed by atoms with Crippen LogP contribution < -0.4 is 4.72 Å². The van der Waals surface area contributed by atoms with Crippen molar-refractivity contribution in [1.29, 1.82) is 0 Å². The van der Waals surface area contributed by atoms with Gasteiger partial charge in [0.25, 0.3) is 10.0 Å². The SMILES string of the molecule is Cc1cc(O)c(Cl)c(C)c1NS(=O)(=O)c1ccccc1. The number of nitrogens with one attached hydrogen (secondary N) is 1. The number of halogens is 1. The second-order valence-electron chi connectivity index (χ2n) is 4.45. The van der Waals surface area contributed by atoms with Gasteiger partial charge in [0.15, 0.2) is 0 Å². The summed E-state index contributed by atoms with van der Waals surface area (Å²) in [5, 5.41) is 9.75. The molecule has 4 nitrogen and oxygen atoms in total. The van der Waals surface area contributed by atoms with Crippen LogP contribution in [0.3, 0.4) is 0 Å². The Kier molecular flexibility index (Phi) is 3.92. The number of rotatable bonds is 3. The van der Waals surface area contributed by atoms with Gasteiger partial charge in [0, 0.05) is 0 Å². The minimum atomic E-state index is -3.68. The van der Waals surface area contributed by atoms with Gasteiger partial charge >= 0.3 is 0 Å². The lowest BCUT2D eigenvalue weighted by Crippen LogP contribution is -2.14. The molecule has 2 aromatic carbocycles. The number of benzene rings is 2. The molecule has 0 saturated carbocycles. The smallest absolute Gasteiger partial charge is 0.261 e. The van der Waals surface area contributed by atoms with Crippen molar-refractivity contribution >= 4 is 27.3 Å². The van der Waals surface area contributed by atoms with E-state index in [1.807, 2.05) is 0 Å². The van der Waals surface area contributed by atoms with Gasteiger partial charge in [-0.05, 0) is 43.2 Å². The van der Waals surface area contributed by atoms with Crippen LogP contribution in [0.5, 0.6) is 5.75 Å². The number of aryl methyl sites for hydroxylation is 1. The topological polar surface area (TPSA) is 66.4 Å². The number of phenols is 1. The summed E-state index contributed by atoms with van der Waals surface area (Å²) in [7, 11) is -3.68. The fourth-order valence-electron chi connectivity index (χ4n) is 1.89. The molecule has 0 radical (unpaired) electrons. The van der Waals surface area contributed by atoms with Gasteiger partial charge in [-0.3, -0.25) is 4.72 Å². The molecular formula is C14H14ClNO3S. The third-order valence-electron chi connectivity index (χ3n) is 2.97. The van der Waals surface area contributed by atoms with Crippen LogP contribution in [-0.2, 0) is 10.0 Å². The highest BCUT2D eigenvalue weighted by molar-refractivity contribution is 7.92. The van der Waals surface area contributed by atoms with Crippen molar-refractivity contribution in [2.45, 2.75) is 18.7 Å². The maximum atomic E-state index is 12.3. The minimum Gasteiger partial charge on any atom is -0.506 e. The molecule has 106 valence electrons. The lowest BCUT2D eigenvalue weighted by Gasteiger charge is -2.15. The molecule has 0 amide bonds. The molecule has 0 unspecified atom stereocenters. The predicted octanol–water partition coefficient (Wildman–Crippen LogP) is 3.46. The van der Waals surface area contributed by atoms with E-state index in [-0.39, 0.29) is 15.7 Å². The first kappa shape index (κ1) is 14.7. The second-order valence-corrected chi connectivity index (χ2v) is 6.51. The number of hydrogen-bond donors (Lipinski definition) is 2. The van der Waals surface area contributed by atoms with E-state index < -0.39 is 10.0 Å². The molecular weight excluding hydrogens is 298 g/mol. The van der Waals surface area contributed by atoms with Crippen LogP contribution in [-0.4, -0.2) is 13.5 Å². The van der Waals surface area contributed by atoms with E-state index in [1.54, 1.807) is 32.0 Å². The highest BCUT2D eigenvalue weighted by Crippen LogP contribution is 2.35. The van der Waals surface area contributed by atoms with Crippen molar-refractivity contribution in [2.75, 3.05) is 4.72 Å². The van der Waals surface area contributed by atoms with Crippen molar-refractivity contribution in [3.8, 4) is 5.75 Å². The Morgan fingerprint density at radius 3 is 2.35 bits per heavy atom. The van der Waals surface area contributed by atoms with Gasteiger partial charge in [-0.2, -0.15) is 0 Å². The molecule has 0 aliphatic rings. The minimum absolute atomic E-state index is 0.0654. The zero-order chi connectivity index (χ0) is 14.9. The monoisotopic (exact) mass is 311 g/mol. The summed E-state index contributed by atoms with van der Waals surface area (Å²) in [6.45, 7) is 3.35. The van der Waals surface area contributed by atoms with E-state index in [0.29, 0.717) is 16.8 Å². The highest BCUT2D eigenvalue weighted by Gasteiger charge is 2.18. The van der Waals surface area contributed by atoms with Crippen LogP contribution in [0.1, 0.15) is 11.1 Å². The maximum Gasteiger partial charge on any atom is 0.261 e. The molecule has 2 aromatic rings. The van der Waals surface area contributed by atoms with Crippen molar-refractivity contribution in [3.63, 3.8) is 0 Å². The third kappa shape index (κ3) is 2.73. The quantitative estimate of drug-likeness (QED) is 0.853. The zero-order valence-corrected chi connectivity index (χ0v) is 12.6. The Morgan fingerprint density at radius 1 is 1.15 bits per heavy atom. The zero-order valence-electron chi connectivity index (χ0n) is 11.0. The summed E-state index contributed by atoms with van der Waals surface area (Å²) in [6.07, 6.45) is 0. The number of phenolic OH excluding ortho intramolecular Hbond substituents is 1.